The van der Waals surface area contributed by atoms with Crippen molar-refractivity contribution in [2.24, 2.45) is 0 Å². The minimum Gasteiger partial charge on any atom is -0.396 e. The van der Waals surface area contributed by atoms with Crippen LogP contribution >= 0.6 is 11.8 Å². The molecule has 0 amide bonds. The summed E-state index contributed by atoms with van der Waals surface area (Å²) in [6, 6.07) is 10.4. The molecule has 0 bridgehead atoms. The van der Waals surface area contributed by atoms with Gasteiger partial charge in [-0.25, -0.2) is 0 Å². The third-order valence-corrected chi connectivity index (χ3v) is 3.18. The molecule has 0 aromatic heterocycles. The van der Waals surface area contributed by atoms with Crippen LogP contribution in [0.3, 0.4) is 0 Å². The first-order valence-electron chi connectivity index (χ1n) is 5.30. The predicted molar refractivity (Wildman–Crippen MR) is 66.4 cm³/mol. The van der Waals surface area contributed by atoms with Gasteiger partial charge < -0.3 is 10.0 Å². The zero-order chi connectivity index (χ0) is 10.9. The van der Waals surface area contributed by atoms with Gasteiger partial charge in [-0.05, 0) is 25.6 Å². The van der Waals surface area contributed by atoms with Gasteiger partial charge in [0.1, 0.15) is 0 Å². The fourth-order valence-electron chi connectivity index (χ4n) is 1.29. The van der Waals surface area contributed by atoms with Gasteiger partial charge in [-0.2, -0.15) is 0 Å². The summed E-state index contributed by atoms with van der Waals surface area (Å²) >= 11 is 1.88. The van der Waals surface area contributed by atoms with Crippen LogP contribution in [0.5, 0.6) is 0 Å². The van der Waals surface area contributed by atoms with E-state index in [1.807, 2.05) is 17.8 Å². The van der Waals surface area contributed by atoms with E-state index in [2.05, 4.69) is 36.2 Å². The van der Waals surface area contributed by atoms with Gasteiger partial charge in [0.15, 0.2) is 0 Å². The van der Waals surface area contributed by atoms with Gasteiger partial charge >= 0.3 is 0 Å². The second-order valence-corrected chi connectivity index (χ2v) is 4.71. The molecule has 1 aromatic carbocycles. The molecule has 2 nitrogen and oxygen atoms in total. The Hall–Kier alpha value is -0.510. The predicted octanol–water partition coefficient (Wildman–Crippen LogP) is 2.09. The highest BCUT2D eigenvalue weighted by atomic mass is 32.2. The van der Waals surface area contributed by atoms with Crippen molar-refractivity contribution in [3.05, 3.63) is 30.3 Å². The second kappa shape index (κ2) is 7.74. The van der Waals surface area contributed by atoms with E-state index in [9.17, 15) is 0 Å². The van der Waals surface area contributed by atoms with Crippen molar-refractivity contribution in [2.75, 3.05) is 32.5 Å². The maximum Gasteiger partial charge on any atom is 0.0443 e. The normalized spacial score (nSPS) is 10.9. The van der Waals surface area contributed by atoms with E-state index in [4.69, 9.17) is 5.11 Å². The topological polar surface area (TPSA) is 23.5 Å². The number of hydrogen-bond acceptors (Lipinski definition) is 3. The standard InChI is InChI=1S/C12H19NOS/c1-13(8-5-10-14)9-11-15-12-6-3-2-4-7-12/h2-4,6-7,14H,5,8-11H2,1H3. The molecule has 0 saturated heterocycles. The molecule has 1 N–H and O–H groups in total. The summed E-state index contributed by atoms with van der Waals surface area (Å²) in [6.45, 7) is 2.33. The average Bonchev–Trinajstić information content (AvgIpc) is 2.28. The summed E-state index contributed by atoms with van der Waals surface area (Å²) in [5.41, 5.74) is 0. The minimum absolute atomic E-state index is 0.288. The molecular formula is C12H19NOS. The molecule has 0 aliphatic rings. The monoisotopic (exact) mass is 225 g/mol. The number of rotatable bonds is 7. The van der Waals surface area contributed by atoms with E-state index in [1.54, 1.807) is 0 Å². The Bertz CT molecular complexity index is 253. The lowest BCUT2D eigenvalue weighted by Crippen LogP contribution is -2.23. The van der Waals surface area contributed by atoms with Gasteiger partial charge in [-0.15, -0.1) is 11.8 Å². The summed E-state index contributed by atoms with van der Waals surface area (Å²) in [7, 11) is 2.10. The van der Waals surface area contributed by atoms with E-state index < -0.39 is 0 Å². The van der Waals surface area contributed by atoms with Crippen molar-refractivity contribution < 1.29 is 5.11 Å². The molecule has 0 aliphatic heterocycles. The quantitative estimate of drug-likeness (QED) is 0.719. The summed E-state index contributed by atoms with van der Waals surface area (Å²) in [6.07, 6.45) is 0.868. The Kier molecular flexibility index (Phi) is 6.48. The first kappa shape index (κ1) is 12.6. The molecule has 84 valence electrons. The highest BCUT2D eigenvalue weighted by molar-refractivity contribution is 7.99. The number of hydrogen-bond donors (Lipinski definition) is 1. The van der Waals surface area contributed by atoms with E-state index in [1.165, 1.54) is 4.90 Å². The van der Waals surface area contributed by atoms with Gasteiger partial charge in [0, 0.05) is 30.3 Å². The van der Waals surface area contributed by atoms with Crippen molar-refractivity contribution >= 4 is 11.8 Å². The van der Waals surface area contributed by atoms with Gasteiger partial charge in [-0.1, -0.05) is 18.2 Å². The van der Waals surface area contributed by atoms with Crippen molar-refractivity contribution in [3.63, 3.8) is 0 Å². The number of aliphatic hydroxyl groups is 1. The maximum absolute atomic E-state index is 8.69. The Balaban J connectivity index is 2.11. The van der Waals surface area contributed by atoms with E-state index in [0.29, 0.717) is 0 Å². The molecule has 0 saturated carbocycles. The lowest BCUT2D eigenvalue weighted by molar-refractivity contribution is 0.253. The van der Waals surface area contributed by atoms with E-state index in [0.717, 1.165) is 25.3 Å². The second-order valence-electron chi connectivity index (χ2n) is 3.54. The smallest absolute Gasteiger partial charge is 0.0443 e. The Morgan fingerprint density at radius 3 is 2.60 bits per heavy atom. The summed E-state index contributed by atoms with van der Waals surface area (Å²) in [4.78, 5) is 3.58. The van der Waals surface area contributed by atoms with Crippen molar-refractivity contribution in [1.82, 2.24) is 4.90 Å². The average molecular weight is 225 g/mol. The minimum atomic E-state index is 0.288. The van der Waals surface area contributed by atoms with Crippen LogP contribution in [0.25, 0.3) is 0 Å². The van der Waals surface area contributed by atoms with Crippen LogP contribution in [0, 0.1) is 0 Å². The van der Waals surface area contributed by atoms with E-state index >= 15 is 0 Å². The first-order valence-corrected chi connectivity index (χ1v) is 6.28. The van der Waals surface area contributed by atoms with Gasteiger partial charge in [0.05, 0.1) is 0 Å². The van der Waals surface area contributed by atoms with Crippen molar-refractivity contribution in [3.8, 4) is 0 Å². The molecule has 0 radical (unpaired) electrons. The highest BCUT2D eigenvalue weighted by Gasteiger charge is 1.98. The largest absolute Gasteiger partial charge is 0.396 e. The molecule has 0 unspecified atom stereocenters. The Morgan fingerprint density at radius 1 is 1.20 bits per heavy atom. The fourth-order valence-corrected chi connectivity index (χ4v) is 2.28. The Labute approximate surface area is 96.3 Å². The van der Waals surface area contributed by atoms with Crippen LogP contribution in [0.1, 0.15) is 6.42 Å². The molecule has 15 heavy (non-hydrogen) atoms. The van der Waals surface area contributed by atoms with Gasteiger partial charge in [-0.3, -0.25) is 0 Å². The Morgan fingerprint density at radius 2 is 1.93 bits per heavy atom. The number of thioether (sulfide) groups is 1. The fraction of sp³-hybridized carbons (Fsp3) is 0.500. The molecule has 0 fully saturated rings. The number of nitrogens with zero attached hydrogens (tertiary/aromatic N) is 1. The van der Waals surface area contributed by atoms with Gasteiger partial charge in [0.25, 0.3) is 0 Å². The van der Waals surface area contributed by atoms with Crippen LogP contribution in [0.2, 0.25) is 0 Å². The van der Waals surface area contributed by atoms with Crippen LogP contribution < -0.4 is 0 Å². The summed E-state index contributed by atoms with van der Waals surface area (Å²) in [5.74, 6) is 1.10. The molecule has 1 rings (SSSR count). The molecule has 1 aromatic rings. The molecular weight excluding hydrogens is 206 g/mol. The number of aliphatic hydroxyl groups excluding tert-OH is 1. The van der Waals surface area contributed by atoms with Crippen LogP contribution in [0.15, 0.2) is 35.2 Å². The first-order chi connectivity index (χ1) is 7.33. The molecule has 0 atom stereocenters. The third kappa shape index (κ3) is 5.82. The zero-order valence-corrected chi connectivity index (χ0v) is 10.0. The van der Waals surface area contributed by atoms with Crippen molar-refractivity contribution in [2.45, 2.75) is 11.3 Å². The lowest BCUT2D eigenvalue weighted by Gasteiger charge is -2.15. The molecule has 0 spiro atoms. The zero-order valence-electron chi connectivity index (χ0n) is 9.22. The van der Waals surface area contributed by atoms with Crippen LogP contribution in [-0.2, 0) is 0 Å². The molecule has 3 heteroatoms. The SMILES string of the molecule is CN(CCCO)CCSc1ccccc1. The summed E-state index contributed by atoms with van der Waals surface area (Å²) in [5, 5.41) is 8.69. The molecule has 0 heterocycles. The summed E-state index contributed by atoms with van der Waals surface area (Å²) < 4.78 is 0. The highest BCUT2D eigenvalue weighted by Crippen LogP contribution is 2.16. The van der Waals surface area contributed by atoms with Gasteiger partial charge in [0.2, 0.25) is 0 Å². The van der Waals surface area contributed by atoms with E-state index in [-0.39, 0.29) is 6.61 Å². The number of benzene rings is 1. The molecule has 0 aliphatic carbocycles. The van der Waals surface area contributed by atoms with Crippen molar-refractivity contribution in [1.29, 1.82) is 0 Å². The van der Waals surface area contributed by atoms with Crippen LogP contribution in [-0.4, -0.2) is 42.5 Å². The third-order valence-electron chi connectivity index (χ3n) is 2.18. The lowest BCUT2D eigenvalue weighted by atomic mass is 10.4. The maximum atomic E-state index is 8.69. The van der Waals surface area contributed by atoms with Crippen LogP contribution in [0.4, 0.5) is 0 Å².